The molecule has 0 fully saturated rings. The third kappa shape index (κ3) is 5.80. The molecule has 39 heavy (non-hydrogen) atoms. The number of ether oxygens (including phenoxy) is 3. The number of anilines is 1. The number of sulfonamides is 1. The first-order valence-corrected chi connectivity index (χ1v) is 13.4. The van der Waals surface area contributed by atoms with Crippen molar-refractivity contribution in [3.63, 3.8) is 0 Å². The summed E-state index contributed by atoms with van der Waals surface area (Å²) in [7, 11) is 0.408. The van der Waals surface area contributed by atoms with Gasteiger partial charge in [0.2, 0.25) is 27.7 Å². The zero-order valence-electron chi connectivity index (χ0n) is 22.6. The van der Waals surface area contributed by atoms with Crippen molar-refractivity contribution in [1.29, 1.82) is 0 Å². The SMILES string of the molecule is COc1ncnc(OC)c1-n1c(NS(=O)(=O)C(C)C(OC(C)C)c2cnc(C)cn2)nnc1-c1ccn(C)n1. The van der Waals surface area contributed by atoms with E-state index < -0.39 is 21.4 Å². The highest BCUT2D eigenvalue weighted by Crippen LogP contribution is 2.35. The summed E-state index contributed by atoms with van der Waals surface area (Å²) in [5.74, 6) is 0.241. The lowest BCUT2D eigenvalue weighted by molar-refractivity contribution is 0.00394. The molecule has 4 aromatic heterocycles. The Balaban J connectivity index is 1.83. The molecule has 15 nitrogen and oxygen atoms in total. The Bertz CT molecular complexity index is 1510. The molecule has 0 saturated carbocycles. The predicted molar refractivity (Wildman–Crippen MR) is 140 cm³/mol. The van der Waals surface area contributed by atoms with E-state index in [1.807, 2.05) is 13.8 Å². The molecule has 0 saturated heterocycles. The van der Waals surface area contributed by atoms with Crippen molar-refractivity contribution in [2.24, 2.45) is 7.05 Å². The van der Waals surface area contributed by atoms with Crippen LogP contribution in [0.5, 0.6) is 11.8 Å². The van der Waals surface area contributed by atoms with Crippen molar-refractivity contribution in [3.8, 4) is 29.0 Å². The van der Waals surface area contributed by atoms with Crippen molar-refractivity contribution < 1.29 is 22.6 Å². The van der Waals surface area contributed by atoms with E-state index >= 15 is 0 Å². The molecule has 2 atom stereocenters. The first kappa shape index (κ1) is 27.8. The van der Waals surface area contributed by atoms with Crippen LogP contribution in [-0.4, -0.2) is 78.5 Å². The summed E-state index contributed by atoms with van der Waals surface area (Å²) in [6.07, 6.45) is 4.83. The van der Waals surface area contributed by atoms with Gasteiger partial charge in [0.1, 0.15) is 23.4 Å². The molecule has 0 amide bonds. The van der Waals surface area contributed by atoms with Gasteiger partial charge in [0.25, 0.3) is 0 Å². The Kier molecular flexibility index (Phi) is 8.06. The maximum atomic E-state index is 13.8. The lowest BCUT2D eigenvalue weighted by Crippen LogP contribution is -2.34. The average molecular weight is 559 g/mol. The highest BCUT2D eigenvalue weighted by atomic mass is 32.2. The zero-order chi connectivity index (χ0) is 28.3. The van der Waals surface area contributed by atoms with Gasteiger partial charge in [-0.3, -0.25) is 19.4 Å². The minimum Gasteiger partial charge on any atom is -0.479 e. The molecule has 2 unspecified atom stereocenters. The smallest absolute Gasteiger partial charge is 0.245 e. The minimum atomic E-state index is -4.16. The second-order valence-corrected chi connectivity index (χ2v) is 10.9. The molecule has 0 spiro atoms. The molecule has 208 valence electrons. The van der Waals surface area contributed by atoms with Crippen LogP contribution < -0.4 is 14.2 Å². The number of aryl methyl sites for hydroxylation is 2. The molecular formula is C23H30N10O5S. The van der Waals surface area contributed by atoms with Gasteiger partial charge >= 0.3 is 0 Å². The van der Waals surface area contributed by atoms with Crippen LogP contribution in [0, 0.1) is 6.92 Å². The fourth-order valence-electron chi connectivity index (χ4n) is 3.75. The maximum absolute atomic E-state index is 13.8. The minimum absolute atomic E-state index is 0.100. The first-order valence-electron chi connectivity index (χ1n) is 11.9. The number of hydrogen-bond donors (Lipinski definition) is 1. The third-order valence-corrected chi connectivity index (χ3v) is 7.32. The first-order chi connectivity index (χ1) is 18.6. The fourth-order valence-corrected chi connectivity index (χ4v) is 4.85. The molecule has 0 aliphatic rings. The van der Waals surface area contributed by atoms with E-state index in [2.05, 4.69) is 40.0 Å². The lowest BCUT2D eigenvalue weighted by Gasteiger charge is -2.26. The van der Waals surface area contributed by atoms with Gasteiger partial charge in [-0.25, -0.2) is 13.0 Å². The van der Waals surface area contributed by atoms with Crippen LogP contribution in [0.3, 0.4) is 0 Å². The standard InChI is InChI=1S/C23H30N10O5S/c1-13(2)38-19(17-11-24-14(3)10-25-17)15(4)39(34,35)31-23-29-28-20(16-8-9-32(5)30-16)33(23)18-21(36-6)26-12-27-22(18)37-7/h8-13,15,19H,1-7H3,(H,29,31). The van der Waals surface area contributed by atoms with E-state index in [1.165, 1.54) is 38.2 Å². The number of nitrogens with one attached hydrogen (secondary N) is 1. The van der Waals surface area contributed by atoms with Crippen molar-refractivity contribution in [1.82, 2.24) is 44.5 Å². The van der Waals surface area contributed by atoms with Gasteiger partial charge in [-0.05, 0) is 33.8 Å². The van der Waals surface area contributed by atoms with Gasteiger partial charge < -0.3 is 14.2 Å². The Morgan fingerprint density at radius 1 is 0.974 bits per heavy atom. The summed E-state index contributed by atoms with van der Waals surface area (Å²) in [5.41, 5.74) is 1.66. The third-order valence-electron chi connectivity index (χ3n) is 5.63. The Morgan fingerprint density at radius 3 is 2.21 bits per heavy atom. The van der Waals surface area contributed by atoms with Crippen LogP contribution in [0.1, 0.15) is 38.3 Å². The van der Waals surface area contributed by atoms with Crippen LogP contribution in [0.4, 0.5) is 5.95 Å². The van der Waals surface area contributed by atoms with Crippen molar-refractivity contribution in [3.05, 3.63) is 42.4 Å². The van der Waals surface area contributed by atoms with E-state index in [9.17, 15) is 8.42 Å². The van der Waals surface area contributed by atoms with Crippen LogP contribution in [0.25, 0.3) is 17.2 Å². The summed E-state index contributed by atoms with van der Waals surface area (Å²) < 4.78 is 49.9. The monoisotopic (exact) mass is 558 g/mol. The van der Waals surface area contributed by atoms with Gasteiger partial charge in [0.05, 0.1) is 37.9 Å². The van der Waals surface area contributed by atoms with Crippen LogP contribution in [0.2, 0.25) is 0 Å². The summed E-state index contributed by atoms with van der Waals surface area (Å²) in [4.78, 5) is 16.9. The number of rotatable bonds is 11. The summed E-state index contributed by atoms with van der Waals surface area (Å²) >= 11 is 0. The molecule has 4 aromatic rings. The van der Waals surface area contributed by atoms with E-state index in [-0.39, 0.29) is 35.3 Å². The molecule has 16 heteroatoms. The number of nitrogens with zero attached hydrogens (tertiary/aromatic N) is 9. The van der Waals surface area contributed by atoms with Crippen molar-refractivity contribution in [2.45, 2.75) is 45.2 Å². The summed E-state index contributed by atoms with van der Waals surface area (Å²) in [5, 5.41) is 11.6. The number of methoxy groups -OCH3 is 2. The fraction of sp³-hybridized carbons (Fsp3) is 0.435. The predicted octanol–water partition coefficient (Wildman–Crippen LogP) is 1.87. The average Bonchev–Trinajstić information content (AvgIpc) is 3.52. The normalized spacial score (nSPS) is 13.3. The van der Waals surface area contributed by atoms with Gasteiger partial charge in [0, 0.05) is 19.4 Å². The van der Waals surface area contributed by atoms with Crippen molar-refractivity contribution >= 4 is 16.0 Å². The van der Waals surface area contributed by atoms with Gasteiger partial charge in [-0.15, -0.1) is 10.2 Å². The van der Waals surface area contributed by atoms with Gasteiger partial charge in [-0.2, -0.15) is 15.1 Å². The molecule has 0 aliphatic heterocycles. The molecule has 0 bridgehead atoms. The number of hydrogen-bond acceptors (Lipinski definition) is 12. The molecule has 0 radical (unpaired) electrons. The topological polar surface area (TPSA) is 174 Å². The quantitative estimate of drug-likeness (QED) is 0.283. The van der Waals surface area contributed by atoms with Gasteiger partial charge in [0.15, 0.2) is 11.5 Å². The molecule has 0 aromatic carbocycles. The van der Waals surface area contributed by atoms with Crippen molar-refractivity contribution in [2.75, 3.05) is 18.9 Å². The number of aromatic nitrogens is 9. The Labute approximate surface area is 225 Å². The van der Waals surface area contributed by atoms with E-state index in [4.69, 9.17) is 14.2 Å². The van der Waals surface area contributed by atoms with Gasteiger partial charge in [-0.1, -0.05) is 0 Å². The van der Waals surface area contributed by atoms with Crippen LogP contribution in [-0.2, 0) is 21.8 Å². The molecule has 1 N–H and O–H groups in total. The van der Waals surface area contributed by atoms with E-state index in [1.54, 1.807) is 37.1 Å². The molecule has 4 heterocycles. The second-order valence-electron chi connectivity index (χ2n) is 8.84. The largest absolute Gasteiger partial charge is 0.479 e. The molecule has 0 aliphatic carbocycles. The van der Waals surface area contributed by atoms with E-state index in [0.29, 0.717) is 17.1 Å². The highest BCUT2D eigenvalue weighted by molar-refractivity contribution is 7.93. The second kappa shape index (κ2) is 11.3. The molecule has 4 rings (SSSR count). The lowest BCUT2D eigenvalue weighted by atomic mass is 10.2. The summed E-state index contributed by atoms with van der Waals surface area (Å²) in [6, 6.07) is 1.70. The molecular weight excluding hydrogens is 528 g/mol. The maximum Gasteiger partial charge on any atom is 0.245 e. The zero-order valence-corrected chi connectivity index (χ0v) is 23.4. The highest BCUT2D eigenvalue weighted by Gasteiger charge is 2.36. The van der Waals surface area contributed by atoms with E-state index in [0.717, 1.165) is 0 Å². The van der Waals surface area contributed by atoms with Crippen LogP contribution in [0.15, 0.2) is 31.0 Å². The summed E-state index contributed by atoms with van der Waals surface area (Å²) in [6.45, 7) is 6.93. The Hall–Kier alpha value is -4.18. The Morgan fingerprint density at radius 2 is 1.67 bits per heavy atom. The van der Waals surface area contributed by atoms with Crippen LogP contribution >= 0.6 is 0 Å².